The molecule has 0 radical (unpaired) electrons. The van der Waals surface area contributed by atoms with E-state index < -0.39 is 0 Å². The third-order valence-corrected chi connectivity index (χ3v) is 5.52. The van der Waals surface area contributed by atoms with Crippen LogP contribution in [-0.2, 0) is 0 Å². The highest BCUT2D eigenvalue weighted by Gasteiger charge is 2.40. The molecular weight excluding hydrogens is 408 g/mol. The SMILES string of the molecule is CCOc1ncc(-c2ccc3c(n2)N(C(=O)Nc2cnccn2)C2CCN3C2)cc1C#N. The predicted octanol–water partition coefficient (Wildman–Crippen LogP) is 2.83. The lowest BCUT2D eigenvalue weighted by molar-refractivity contribution is 0.254. The maximum atomic E-state index is 13.2. The quantitative estimate of drug-likeness (QED) is 0.673. The summed E-state index contributed by atoms with van der Waals surface area (Å²) in [6, 6.07) is 7.38. The highest BCUT2D eigenvalue weighted by Crippen LogP contribution is 2.40. The summed E-state index contributed by atoms with van der Waals surface area (Å²) in [6.07, 6.45) is 7.06. The Morgan fingerprint density at radius 3 is 3.00 bits per heavy atom. The second-order valence-electron chi connectivity index (χ2n) is 7.44. The highest BCUT2D eigenvalue weighted by atomic mass is 16.5. The van der Waals surface area contributed by atoms with Gasteiger partial charge in [-0.25, -0.2) is 19.7 Å². The maximum absolute atomic E-state index is 13.2. The largest absolute Gasteiger partial charge is 0.477 e. The van der Waals surface area contributed by atoms with E-state index in [4.69, 9.17) is 9.72 Å². The summed E-state index contributed by atoms with van der Waals surface area (Å²) >= 11 is 0. The molecule has 2 aliphatic heterocycles. The van der Waals surface area contributed by atoms with Gasteiger partial charge in [-0.2, -0.15) is 5.26 Å². The van der Waals surface area contributed by atoms with Crippen LogP contribution in [0.5, 0.6) is 5.88 Å². The smallest absolute Gasteiger partial charge is 0.329 e. The van der Waals surface area contributed by atoms with Gasteiger partial charge in [0.15, 0.2) is 11.6 Å². The number of urea groups is 1. The number of nitrogens with zero attached hydrogens (tertiary/aromatic N) is 7. The van der Waals surface area contributed by atoms with E-state index in [9.17, 15) is 10.1 Å². The maximum Gasteiger partial charge on any atom is 0.329 e. The van der Waals surface area contributed by atoms with Crippen LogP contribution in [0.4, 0.5) is 22.1 Å². The van der Waals surface area contributed by atoms with E-state index >= 15 is 0 Å². The number of hydrogen-bond donors (Lipinski definition) is 1. The second-order valence-corrected chi connectivity index (χ2v) is 7.44. The van der Waals surface area contributed by atoms with Gasteiger partial charge in [0, 0.05) is 37.2 Å². The number of aromatic nitrogens is 4. The Labute approximate surface area is 184 Å². The van der Waals surface area contributed by atoms with Gasteiger partial charge in [0.05, 0.1) is 30.2 Å². The van der Waals surface area contributed by atoms with Crippen LogP contribution in [0.3, 0.4) is 0 Å². The van der Waals surface area contributed by atoms with Gasteiger partial charge in [0.2, 0.25) is 5.88 Å². The molecule has 5 rings (SSSR count). The molecule has 0 spiro atoms. The van der Waals surface area contributed by atoms with Crippen molar-refractivity contribution in [3.63, 3.8) is 0 Å². The lowest BCUT2D eigenvalue weighted by Gasteiger charge is -2.35. The first-order valence-corrected chi connectivity index (χ1v) is 10.3. The van der Waals surface area contributed by atoms with E-state index in [1.807, 2.05) is 19.1 Å². The Hall–Kier alpha value is -4.26. The van der Waals surface area contributed by atoms with E-state index in [0.29, 0.717) is 40.9 Å². The minimum Gasteiger partial charge on any atom is -0.477 e. The Kier molecular flexibility index (Phi) is 4.99. The number of pyridine rings is 2. The molecule has 160 valence electrons. The van der Waals surface area contributed by atoms with Crippen LogP contribution >= 0.6 is 0 Å². The van der Waals surface area contributed by atoms with Crippen molar-refractivity contribution in [2.45, 2.75) is 19.4 Å². The second kappa shape index (κ2) is 8.11. The average Bonchev–Trinajstić information content (AvgIpc) is 3.24. The molecule has 1 unspecified atom stereocenters. The topological polar surface area (TPSA) is 120 Å². The van der Waals surface area contributed by atoms with Gasteiger partial charge in [-0.1, -0.05) is 0 Å². The van der Waals surface area contributed by atoms with Crippen LogP contribution in [0.1, 0.15) is 18.9 Å². The lowest BCUT2D eigenvalue weighted by Crippen LogP contribution is -2.48. The standard InChI is InChI=1S/C22H20N8O2/c1-2-32-21-14(10-23)9-15(11-26-21)17-3-4-18-20(27-17)30(16-5-8-29(18)13-16)22(31)28-19-12-24-6-7-25-19/h3-4,6-7,9,11-12,16H,2,5,8,13H2,1H3,(H,25,28,31). The molecular formula is C22H20N8O2. The summed E-state index contributed by atoms with van der Waals surface area (Å²) in [4.78, 5) is 34.4. The normalized spacial score (nSPS) is 16.3. The molecule has 5 heterocycles. The number of carbonyl (C=O) groups is 1. The zero-order chi connectivity index (χ0) is 22.1. The molecule has 1 saturated heterocycles. The zero-order valence-electron chi connectivity index (χ0n) is 17.4. The zero-order valence-corrected chi connectivity index (χ0v) is 17.4. The first-order valence-electron chi connectivity index (χ1n) is 10.3. The van der Waals surface area contributed by atoms with Crippen LogP contribution in [0.25, 0.3) is 11.3 Å². The minimum absolute atomic E-state index is 0.00930. The molecule has 3 aromatic heterocycles. The fourth-order valence-corrected chi connectivity index (χ4v) is 4.09. The van der Waals surface area contributed by atoms with Gasteiger partial charge < -0.3 is 9.64 Å². The van der Waals surface area contributed by atoms with Crippen LogP contribution in [0, 0.1) is 11.3 Å². The number of rotatable bonds is 4. The Bertz CT molecular complexity index is 1210. The molecule has 1 fully saturated rings. The average molecular weight is 428 g/mol. The number of nitrogens with one attached hydrogen (secondary N) is 1. The van der Waals surface area contributed by atoms with Gasteiger partial charge in [0.25, 0.3) is 0 Å². The summed E-state index contributed by atoms with van der Waals surface area (Å²) in [7, 11) is 0. The molecule has 2 aliphatic rings. The highest BCUT2D eigenvalue weighted by molar-refractivity contribution is 6.04. The van der Waals surface area contributed by atoms with Crippen molar-refractivity contribution in [2.24, 2.45) is 0 Å². The molecule has 0 aromatic carbocycles. The first kappa shape index (κ1) is 19.7. The number of nitriles is 1. The molecule has 10 nitrogen and oxygen atoms in total. The third-order valence-electron chi connectivity index (χ3n) is 5.52. The fraction of sp³-hybridized carbons (Fsp3) is 0.273. The van der Waals surface area contributed by atoms with Gasteiger partial charge in [0.1, 0.15) is 11.6 Å². The Morgan fingerprint density at radius 2 is 2.22 bits per heavy atom. The third kappa shape index (κ3) is 3.43. The van der Waals surface area contributed by atoms with Crippen LogP contribution in [0.2, 0.25) is 0 Å². The van der Waals surface area contributed by atoms with Crippen LogP contribution < -0.4 is 19.9 Å². The van der Waals surface area contributed by atoms with Crippen LogP contribution in [-0.4, -0.2) is 51.7 Å². The van der Waals surface area contributed by atoms with Gasteiger partial charge in [-0.05, 0) is 31.5 Å². The molecule has 0 aliphatic carbocycles. The van der Waals surface area contributed by atoms with E-state index in [1.54, 1.807) is 23.4 Å². The number of amides is 2. The molecule has 10 heteroatoms. The summed E-state index contributed by atoms with van der Waals surface area (Å²) in [5.74, 6) is 1.25. The fourth-order valence-electron chi connectivity index (χ4n) is 4.09. The van der Waals surface area contributed by atoms with Crippen molar-refractivity contribution in [3.8, 4) is 23.2 Å². The molecule has 3 aromatic rings. The molecule has 2 amide bonds. The van der Waals surface area contributed by atoms with E-state index in [0.717, 1.165) is 25.2 Å². The number of ether oxygens (including phenoxy) is 1. The molecule has 1 N–H and O–H groups in total. The van der Waals surface area contributed by atoms with Crippen molar-refractivity contribution in [3.05, 3.63) is 48.5 Å². The lowest BCUT2D eigenvalue weighted by atomic mass is 10.1. The summed E-state index contributed by atoms with van der Waals surface area (Å²) < 4.78 is 5.42. The number of carbonyl (C=O) groups excluding carboxylic acids is 1. The summed E-state index contributed by atoms with van der Waals surface area (Å²) in [6.45, 7) is 3.87. The summed E-state index contributed by atoms with van der Waals surface area (Å²) in [5.41, 5.74) is 2.53. The summed E-state index contributed by atoms with van der Waals surface area (Å²) in [5, 5.41) is 12.3. The number of anilines is 3. The number of hydrogen-bond acceptors (Lipinski definition) is 8. The molecule has 0 saturated carbocycles. The molecule has 32 heavy (non-hydrogen) atoms. The van der Waals surface area contributed by atoms with E-state index in [1.165, 1.54) is 12.4 Å². The van der Waals surface area contributed by atoms with Gasteiger partial charge in [-0.3, -0.25) is 15.2 Å². The number of fused-ring (bicyclic) bond motifs is 4. The molecule has 2 bridgehead atoms. The van der Waals surface area contributed by atoms with Crippen molar-refractivity contribution < 1.29 is 9.53 Å². The Morgan fingerprint density at radius 1 is 1.31 bits per heavy atom. The predicted molar refractivity (Wildman–Crippen MR) is 117 cm³/mol. The van der Waals surface area contributed by atoms with Crippen molar-refractivity contribution in [1.29, 1.82) is 5.26 Å². The molecule has 1 atom stereocenters. The minimum atomic E-state index is -0.300. The monoisotopic (exact) mass is 428 g/mol. The first-order chi connectivity index (χ1) is 15.7. The van der Waals surface area contributed by atoms with Crippen LogP contribution in [0.15, 0.2) is 43.0 Å². The van der Waals surface area contributed by atoms with Gasteiger partial charge >= 0.3 is 6.03 Å². The Balaban J connectivity index is 1.52. The van der Waals surface area contributed by atoms with E-state index in [-0.39, 0.29) is 12.1 Å². The van der Waals surface area contributed by atoms with Gasteiger partial charge in [-0.15, -0.1) is 0 Å². The van der Waals surface area contributed by atoms with E-state index in [2.05, 4.69) is 31.2 Å². The van der Waals surface area contributed by atoms with Crippen molar-refractivity contribution in [1.82, 2.24) is 19.9 Å². The van der Waals surface area contributed by atoms with Crippen molar-refractivity contribution in [2.75, 3.05) is 34.8 Å². The van der Waals surface area contributed by atoms with Crippen molar-refractivity contribution >= 4 is 23.4 Å².